The summed E-state index contributed by atoms with van der Waals surface area (Å²) in [6.07, 6.45) is 6.82. The van der Waals surface area contributed by atoms with Crippen LogP contribution in [0.2, 0.25) is 5.02 Å². The second-order valence-electron chi connectivity index (χ2n) is 7.55. The molecule has 1 aliphatic carbocycles. The topological polar surface area (TPSA) is 50.6 Å². The maximum absolute atomic E-state index is 6.30. The number of aliphatic imine (C=N–C) groups is 1. The maximum atomic E-state index is 6.30. The Hall–Kier alpha value is -2.18. The van der Waals surface area contributed by atoms with Gasteiger partial charge >= 0.3 is 0 Å². The van der Waals surface area contributed by atoms with Crippen LogP contribution in [0.4, 0.5) is 0 Å². The lowest BCUT2D eigenvalue weighted by atomic mass is 9.83. The van der Waals surface area contributed by atoms with Gasteiger partial charge in [-0.05, 0) is 50.1 Å². The Morgan fingerprint density at radius 3 is 2.76 bits per heavy atom. The highest BCUT2D eigenvalue weighted by Gasteiger charge is 2.35. The van der Waals surface area contributed by atoms with Crippen LogP contribution in [0, 0.1) is 5.92 Å². The fourth-order valence-electron chi connectivity index (χ4n) is 3.00. The number of aromatic nitrogens is 2. The molecule has 0 amide bonds. The molecule has 5 nitrogen and oxygen atoms in total. The van der Waals surface area contributed by atoms with Crippen LogP contribution in [-0.2, 0) is 6.42 Å². The molecule has 7 heteroatoms. The number of halogens is 1. The molecule has 0 fully saturated rings. The van der Waals surface area contributed by atoms with Gasteiger partial charge in [-0.1, -0.05) is 36.7 Å². The molecular weight excluding hydrogens is 404 g/mol. The lowest BCUT2D eigenvalue weighted by Gasteiger charge is -2.34. The summed E-state index contributed by atoms with van der Waals surface area (Å²) in [7, 11) is 2.01. The highest BCUT2D eigenvalue weighted by atomic mass is 35.5. The molecule has 154 valence electrons. The van der Waals surface area contributed by atoms with Crippen LogP contribution in [0.25, 0.3) is 0 Å². The minimum Gasteiger partial charge on any atom is -0.458 e. The van der Waals surface area contributed by atoms with Gasteiger partial charge in [0.15, 0.2) is 5.82 Å². The van der Waals surface area contributed by atoms with Gasteiger partial charge in [-0.25, -0.2) is 4.99 Å². The molecule has 1 aromatic carbocycles. The van der Waals surface area contributed by atoms with Crippen LogP contribution < -0.4 is 4.74 Å². The average molecular weight is 431 g/mol. The van der Waals surface area contributed by atoms with Crippen LogP contribution >= 0.6 is 23.1 Å². The highest BCUT2D eigenvalue weighted by Crippen LogP contribution is 2.35. The van der Waals surface area contributed by atoms with Gasteiger partial charge in [0, 0.05) is 42.5 Å². The number of hydrogen-bond acceptors (Lipinski definition) is 5. The maximum Gasteiger partial charge on any atom is 0.294 e. The van der Waals surface area contributed by atoms with E-state index in [9.17, 15) is 0 Å². The SMILES string of the molecule is CCN(C)/C=N/C1=CC(C)C(C)(Oc2nc(Cc3ccc(Cl)cc3)ns2)C=C1C. The summed E-state index contributed by atoms with van der Waals surface area (Å²) in [5, 5.41) is 1.31. The predicted molar refractivity (Wildman–Crippen MR) is 121 cm³/mol. The molecule has 0 saturated heterocycles. The van der Waals surface area contributed by atoms with E-state index in [2.05, 4.69) is 54.2 Å². The lowest BCUT2D eigenvalue weighted by Crippen LogP contribution is -2.39. The van der Waals surface area contributed by atoms with Gasteiger partial charge in [-0.3, -0.25) is 0 Å². The van der Waals surface area contributed by atoms with E-state index in [1.54, 1.807) is 0 Å². The summed E-state index contributed by atoms with van der Waals surface area (Å²) in [4.78, 5) is 11.2. The molecule has 1 aromatic heterocycles. The normalized spacial score (nSPS) is 21.8. The van der Waals surface area contributed by atoms with Crippen LogP contribution in [-0.4, -0.2) is 39.8 Å². The number of allylic oxidation sites excluding steroid dienone is 1. The third kappa shape index (κ3) is 5.46. The Labute approximate surface area is 182 Å². The van der Waals surface area contributed by atoms with Crippen molar-refractivity contribution < 1.29 is 4.74 Å². The van der Waals surface area contributed by atoms with Gasteiger partial charge < -0.3 is 9.64 Å². The molecule has 29 heavy (non-hydrogen) atoms. The molecule has 0 saturated carbocycles. The van der Waals surface area contributed by atoms with Crippen LogP contribution in [0.3, 0.4) is 0 Å². The third-order valence-electron chi connectivity index (χ3n) is 5.14. The number of rotatable bonds is 7. The van der Waals surface area contributed by atoms with Gasteiger partial charge in [-0.2, -0.15) is 9.36 Å². The Morgan fingerprint density at radius 2 is 2.07 bits per heavy atom. The third-order valence-corrected chi connectivity index (χ3v) is 6.03. The average Bonchev–Trinajstić information content (AvgIpc) is 3.11. The van der Waals surface area contributed by atoms with Crippen LogP contribution in [0.1, 0.15) is 39.1 Å². The van der Waals surface area contributed by atoms with Crippen molar-refractivity contribution in [1.82, 2.24) is 14.3 Å². The van der Waals surface area contributed by atoms with Gasteiger partial charge in [-0.15, -0.1) is 0 Å². The van der Waals surface area contributed by atoms with Gasteiger partial charge in [0.1, 0.15) is 5.60 Å². The van der Waals surface area contributed by atoms with Gasteiger partial charge in [0.2, 0.25) is 0 Å². The number of hydrogen-bond donors (Lipinski definition) is 0. The van der Waals surface area contributed by atoms with Crippen LogP contribution in [0.15, 0.2) is 52.7 Å². The molecule has 0 aliphatic heterocycles. The summed E-state index contributed by atoms with van der Waals surface area (Å²) in [6, 6.07) is 7.74. The first-order chi connectivity index (χ1) is 13.8. The van der Waals surface area contributed by atoms with E-state index < -0.39 is 5.60 Å². The van der Waals surface area contributed by atoms with Crippen molar-refractivity contribution in [3.63, 3.8) is 0 Å². The fourth-order valence-corrected chi connectivity index (χ4v) is 3.78. The summed E-state index contributed by atoms with van der Waals surface area (Å²) < 4.78 is 10.8. The van der Waals surface area contributed by atoms with E-state index in [4.69, 9.17) is 16.3 Å². The summed E-state index contributed by atoms with van der Waals surface area (Å²) in [5.41, 5.74) is 2.71. The Morgan fingerprint density at radius 1 is 1.34 bits per heavy atom. The Bertz CT molecular complexity index is 935. The van der Waals surface area contributed by atoms with Crippen molar-refractivity contribution in [2.75, 3.05) is 13.6 Å². The molecule has 0 N–H and O–H groups in total. The van der Waals surface area contributed by atoms with E-state index in [1.165, 1.54) is 11.5 Å². The zero-order valence-corrected chi connectivity index (χ0v) is 19.1. The zero-order valence-electron chi connectivity index (χ0n) is 17.5. The molecular formula is C22H27ClN4OS. The van der Waals surface area contributed by atoms with Crippen molar-refractivity contribution in [3.8, 4) is 5.19 Å². The second-order valence-corrected chi connectivity index (χ2v) is 8.70. The Kier molecular flexibility index (Phi) is 6.75. The summed E-state index contributed by atoms with van der Waals surface area (Å²) >= 11 is 7.24. The quantitative estimate of drug-likeness (QED) is 0.437. The first-order valence-corrected chi connectivity index (χ1v) is 10.9. The lowest BCUT2D eigenvalue weighted by molar-refractivity contribution is 0.0985. The molecule has 1 heterocycles. The summed E-state index contributed by atoms with van der Waals surface area (Å²) in [5.74, 6) is 0.900. The van der Waals surface area contributed by atoms with Crippen molar-refractivity contribution in [2.24, 2.45) is 10.9 Å². The van der Waals surface area contributed by atoms with E-state index in [-0.39, 0.29) is 5.92 Å². The van der Waals surface area contributed by atoms with E-state index in [1.807, 2.05) is 42.6 Å². The molecule has 2 atom stereocenters. The zero-order chi connectivity index (χ0) is 21.0. The minimum atomic E-state index is -0.489. The summed E-state index contributed by atoms with van der Waals surface area (Å²) in [6.45, 7) is 9.30. The second kappa shape index (κ2) is 9.09. The van der Waals surface area contributed by atoms with E-state index in [0.717, 1.165) is 34.2 Å². The van der Waals surface area contributed by atoms with E-state index >= 15 is 0 Å². The minimum absolute atomic E-state index is 0.147. The van der Waals surface area contributed by atoms with E-state index in [0.29, 0.717) is 11.6 Å². The monoisotopic (exact) mass is 430 g/mol. The van der Waals surface area contributed by atoms with Gasteiger partial charge in [0.25, 0.3) is 5.19 Å². The van der Waals surface area contributed by atoms with Crippen LogP contribution in [0.5, 0.6) is 5.19 Å². The number of nitrogens with zero attached hydrogens (tertiary/aromatic N) is 4. The molecule has 0 radical (unpaired) electrons. The number of ether oxygens (including phenoxy) is 1. The van der Waals surface area contributed by atoms with Gasteiger partial charge in [0.05, 0.1) is 12.0 Å². The molecule has 2 aromatic rings. The first kappa shape index (κ1) is 21.5. The predicted octanol–water partition coefficient (Wildman–Crippen LogP) is 5.38. The van der Waals surface area contributed by atoms with Crippen molar-refractivity contribution in [3.05, 3.63) is 64.1 Å². The largest absolute Gasteiger partial charge is 0.458 e. The smallest absolute Gasteiger partial charge is 0.294 e. The standard InChI is InChI=1S/C22H27ClN4OS/c1-6-27(5)14-24-19-11-16(3)22(4,13-15(19)2)28-21-25-20(26-29-21)12-17-7-9-18(23)10-8-17/h7-11,13-14,16H,6,12H2,1-5H3/b24-14+. The highest BCUT2D eigenvalue weighted by molar-refractivity contribution is 7.07. The fraction of sp³-hybridized carbons (Fsp3) is 0.409. The molecule has 2 unspecified atom stereocenters. The van der Waals surface area contributed by atoms with Crippen molar-refractivity contribution >= 4 is 29.5 Å². The molecule has 1 aliphatic rings. The molecule has 0 bridgehead atoms. The number of benzene rings is 1. The first-order valence-electron chi connectivity index (χ1n) is 9.71. The van der Waals surface area contributed by atoms with Crippen molar-refractivity contribution in [1.29, 1.82) is 0 Å². The molecule has 0 spiro atoms. The van der Waals surface area contributed by atoms with Crippen molar-refractivity contribution in [2.45, 2.75) is 39.7 Å². The Balaban J connectivity index is 1.70. The molecule has 3 rings (SSSR count).